The van der Waals surface area contributed by atoms with E-state index in [1.807, 2.05) is 0 Å². The van der Waals surface area contributed by atoms with E-state index in [1.54, 1.807) is 0 Å². The molecule has 0 atom stereocenters. The summed E-state index contributed by atoms with van der Waals surface area (Å²) in [6.07, 6.45) is 70.1. The normalized spacial score (nSPS) is 13.3. The fourth-order valence-corrected chi connectivity index (χ4v) is 12.1. The van der Waals surface area contributed by atoms with Crippen molar-refractivity contribution in [2.75, 3.05) is 91.6 Å². The zero-order valence-corrected chi connectivity index (χ0v) is 53.4. The van der Waals surface area contributed by atoms with Crippen molar-refractivity contribution in [1.82, 2.24) is 24.5 Å². The molecule has 0 bridgehead atoms. The Labute approximate surface area is 487 Å². The van der Waals surface area contributed by atoms with E-state index >= 15 is 0 Å². The van der Waals surface area contributed by atoms with Crippen molar-refractivity contribution in [3.63, 3.8) is 0 Å². The smallest absolute Gasteiger partial charge is 0.236 e. The third-order valence-corrected chi connectivity index (χ3v) is 17.7. The Balaban J connectivity index is 0.0000578. The van der Waals surface area contributed by atoms with Gasteiger partial charge in [-0.25, -0.2) is 0 Å². The summed E-state index contributed by atoms with van der Waals surface area (Å²) in [5.74, 6) is 0.395. The Kier molecular flexibility index (Phi) is 62.3. The number of hydrogen-bond acceptors (Lipinski definition) is 5. The second kappa shape index (κ2) is 62.9. The van der Waals surface area contributed by atoms with Crippen LogP contribution in [0.1, 0.15) is 363 Å². The molecule has 0 aromatic rings. The molecule has 0 aliphatic carbocycles. The Morgan fingerprint density at radius 1 is 0.260 bits per heavy atom. The zero-order chi connectivity index (χ0) is 54.7. The van der Waals surface area contributed by atoms with Crippen LogP contribution in [-0.4, -0.2) is 122 Å². The molecule has 1 saturated heterocycles. The van der Waals surface area contributed by atoms with Crippen LogP contribution in [0, 0.1) is 0 Å². The van der Waals surface area contributed by atoms with E-state index in [9.17, 15) is 4.79 Å². The van der Waals surface area contributed by atoms with Crippen LogP contribution >= 0.6 is 0 Å². The average molecular weight is 1090 g/mol. The molecule has 6 nitrogen and oxygen atoms in total. The molecule has 1 amide bonds. The van der Waals surface area contributed by atoms with E-state index in [-0.39, 0.29) is 7.43 Å². The molecule has 77 heavy (non-hydrogen) atoms. The minimum Gasteiger partial charge on any atom is -0.339 e. The largest absolute Gasteiger partial charge is 0.339 e. The first-order chi connectivity index (χ1) is 37.6. The predicted octanol–water partition coefficient (Wildman–Crippen LogP) is 21.3. The molecule has 1 heterocycles. The molecule has 462 valence electrons. The summed E-state index contributed by atoms with van der Waals surface area (Å²) >= 11 is 0. The second-order valence-electron chi connectivity index (χ2n) is 25.1. The van der Waals surface area contributed by atoms with Gasteiger partial charge in [-0.2, -0.15) is 0 Å². The lowest BCUT2D eigenvalue weighted by atomic mass is 10.1. The van der Waals surface area contributed by atoms with E-state index in [0.717, 1.165) is 52.4 Å². The van der Waals surface area contributed by atoms with Crippen molar-refractivity contribution in [3.8, 4) is 0 Å². The number of piperazine rings is 1. The summed E-state index contributed by atoms with van der Waals surface area (Å²) in [6.45, 7) is 26.8. The first kappa shape index (κ1) is 76.3. The van der Waals surface area contributed by atoms with Crippen LogP contribution in [-0.2, 0) is 4.79 Å². The van der Waals surface area contributed by atoms with Gasteiger partial charge in [0.05, 0.1) is 6.54 Å². The first-order valence-electron chi connectivity index (χ1n) is 35.7. The highest BCUT2D eigenvalue weighted by Crippen LogP contribution is 2.17. The van der Waals surface area contributed by atoms with Gasteiger partial charge < -0.3 is 14.7 Å². The summed E-state index contributed by atoms with van der Waals surface area (Å²) in [5, 5.41) is 0. The molecule has 0 N–H and O–H groups in total. The Bertz CT molecular complexity index is 1060. The Morgan fingerprint density at radius 2 is 0.468 bits per heavy atom. The lowest BCUT2D eigenvalue weighted by Gasteiger charge is -2.37. The van der Waals surface area contributed by atoms with Gasteiger partial charge in [0.15, 0.2) is 0 Å². The van der Waals surface area contributed by atoms with Crippen LogP contribution < -0.4 is 0 Å². The highest BCUT2D eigenvalue weighted by Gasteiger charge is 2.23. The van der Waals surface area contributed by atoms with Gasteiger partial charge in [-0.15, -0.1) is 0 Å². The van der Waals surface area contributed by atoms with Gasteiger partial charge in [-0.3, -0.25) is 14.6 Å². The van der Waals surface area contributed by atoms with Crippen molar-refractivity contribution in [1.29, 1.82) is 0 Å². The van der Waals surface area contributed by atoms with E-state index in [0.29, 0.717) is 12.5 Å². The minimum atomic E-state index is 0. The summed E-state index contributed by atoms with van der Waals surface area (Å²) in [5.41, 5.74) is 0. The molecule has 1 aliphatic heterocycles. The number of carbonyl (C=O) groups is 1. The van der Waals surface area contributed by atoms with Gasteiger partial charge in [-0.05, 0) is 64.8 Å². The summed E-state index contributed by atoms with van der Waals surface area (Å²) in [6, 6.07) is 0. The number of rotatable bonds is 63. The monoisotopic (exact) mass is 1090 g/mol. The standard InChI is InChI=1S/C70H143N5O.CH4/c1-6-11-16-21-26-31-36-41-46-51-56-71(57-52-47-42-37-32-27-22-17-12-7-2)61-62-73-65-67-75(68-66-73)70(76)69-74(60-55-50-45-40-35-30-25-20-15-10-5)64-63-72(58-53-48-43-38-33-28-23-18-13-8-3)59-54-49-44-39-34-29-24-19-14-9-4;/h6-69H2,1-5H3;1H4. The number of amides is 1. The molecule has 0 unspecified atom stereocenters. The van der Waals surface area contributed by atoms with E-state index in [1.165, 1.54) is 354 Å². The lowest BCUT2D eigenvalue weighted by Crippen LogP contribution is -2.52. The van der Waals surface area contributed by atoms with Crippen LogP contribution in [0.2, 0.25) is 0 Å². The molecule has 1 fully saturated rings. The third-order valence-electron chi connectivity index (χ3n) is 17.7. The predicted molar refractivity (Wildman–Crippen MR) is 348 cm³/mol. The highest BCUT2D eigenvalue weighted by molar-refractivity contribution is 5.78. The maximum Gasteiger partial charge on any atom is 0.236 e. The minimum absolute atomic E-state index is 0. The topological polar surface area (TPSA) is 33.3 Å². The van der Waals surface area contributed by atoms with Gasteiger partial charge in [-0.1, -0.05) is 331 Å². The molecule has 0 saturated carbocycles. The van der Waals surface area contributed by atoms with Gasteiger partial charge in [0.25, 0.3) is 0 Å². The number of unbranched alkanes of at least 4 members (excludes halogenated alkanes) is 45. The Morgan fingerprint density at radius 3 is 0.727 bits per heavy atom. The van der Waals surface area contributed by atoms with Gasteiger partial charge >= 0.3 is 0 Å². The highest BCUT2D eigenvalue weighted by atomic mass is 16.2. The molecule has 1 rings (SSSR count). The molecule has 6 heteroatoms. The molecule has 0 aromatic heterocycles. The van der Waals surface area contributed by atoms with Crippen LogP contribution in [0.4, 0.5) is 0 Å². The number of nitrogens with zero attached hydrogens (tertiary/aromatic N) is 5. The summed E-state index contributed by atoms with van der Waals surface area (Å²) in [4.78, 5) is 27.4. The van der Waals surface area contributed by atoms with E-state index in [4.69, 9.17) is 0 Å². The van der Waals surface area contributed by atoms with Gasteiger partial charge in [0.1, 0.15) is 0 Å². The number of carbonyl (C=O) groups excluding carboxylic acids is 1. The molecular formula is C71H147N5O. The van der Waals surface area contributed by atoms with Crippen LogP contribution in [0.15, 0.2) is 0 Å². The van der Waals surface area contributed by atoms with Crippen LogP contribution in [0.25, 0.3) is 0 Å². The lowest BCUT2D eigenvalue weighted by molar-refractivity contribution is -0.134. The van der Waals surface area contributed by atoms with E-state index < -0.39 is 0 Å². The summed E-state index contributed by atoms with van der Waals surface area (Å²) in [7, 11) is 0. The zero-order valence-electron chi connectivity index (χ0n) is 53.4. The fourth-order valence-electron chi connectivity index (χ4n) is 12.1. The average Bonchev–Trinajstić information content (AvgIpc) is 3.43. The van der Waals surface area contributed by atoms with Crippen molar-refractivity contribution < 1.29 is 4.79 Å². The Hall–Kier alpha value is -0.690. The fraction of sp³-hybridized carbons (Fsp3) is 0.986. The van der Waals surface area contributed by atoms with E-state index in [2.05, 4.69) is 59.1 Å². The van der Waals surface area contributed by atoms with Crippen molar-refractivity contribution in [3.05, 3.63) is 0 Å². The van der Waals surface area contributed by atoms with Gasteiger partial charge in [0, 0.05) is 52.4 Å². The SMILES string of the molecule is C.CCCCCCCCCCCCN(CCCCCCCCCCCC)CCN1CCN(C(=O)CN(CCCCCCCCCCCC)CCN(CCCCCCCCCCCC)CCCCCCCCCCCC)CC1. The maximum atomic E-state index is 14.2. The van der Waals surface area contributed by atoms with Gasteiger partial charge in [0.2, 0.25) is 5.91 Å². The summed E-state index contributed by atoms with van der Waals surface area (Å²) < 4.78 is 0. The molecule has 1 aliphatic rings. The molecular weight excluding hydrogens is 939 g/mol. The quantitative estimate of drug-likeness (QED) is 0.0567. The number of hydrogen-bond donors (Lipinski definition) is 0. The van der Waals surface area contributed by atoms with Crippen LogP contribution in [0.3, 0.4) is 0 Å². The maximum absolute atomic E-state index is 14.2. The van der Waals surface area contributed by atoms with Crippen LogP contribution in [0.5, 0.6) is 0 Å². The third kappa shape index (κ3) is 53.1. The molecule has 0 aromatic carbocycles. The second-order valence-corrected chi connectivity index (χ2v) is 25.1. The van der Waals surface area contributed by atoms with Crippen molar-refractivity contribution in [2.24, 2.45) is 0 Å². The van der Waals surface area contributed by atoms with Crippen molar-refractivity contribution >= 4 is 5.91 Å². The first-order valence-corrected chi connectivity index (χ1v) is 35.7. The van der Waals surface area contributed by atoms with Crippen molar-refractivity contribution in [2.45, 2.75) is 363 Å². The molecule has 0 radical (unpaired) electrons. The molecule has 0 spiro atoms.